The number of hydrogen-bond acceptors (Lipinski definition) is 4. The first kappa shape index (κ1) is 15.7. The van der Waals surface area contributed by atoms with E-state index in [-0.39, 0.29) is 5.92 Å². The highest BCUT2D eigenvalue weighted by molar-refractivity contribution is 5.79. The maximum absolute atomic E-state index is 12.5. The van der Waals surface area contributed by atoms with E-state index < -0.39 is 0 Å². The second-order valence-electron chi connectivity index (χ2n) is 5.93. The highest BCUT2D eigenvalue weighted by atomic mass is 16.5. The number of nitrogens with zero attached hydrogens (tertiary/aromatic N) is 2. The number of ether oxygens (including phenoxy) is 1. The van der Waals surface area contributed by atoms with E-state index in [1.165, 1.54) is 6.42 Å². The van der Waals surface area contributed by atoms with Gasteiger partial charge in [-0.05, 0) is 19.3 Å². The molecule has 1 unspecified atom stereocenters. The molecule has 0 saturated carbocycles. The van der Waals surface area contributed by atoms with Crippen LogP contribution in [-0.4, -0.2) is 67.7 Å². The molecule has 2 aliphatic heterocycles. The van der Waals surface area contributed by atoms with Crippen LogP contribution >= 0.6 is 0 Å². The zero-order valence-corrected chi connectivity index (χ0v) is 12.7. The van der Waals surface area contributed by atoms with Gasteiger partial charge in [-0.1, -0.05) is 13.3 Å². The minimum Gasteiger partial charge on any atom is -0.381 e. The van der Waals surface area contributed by atoms with Gasteiger partial charge in [0.15, 0.2) is 0 Å². The minimum absolute atomic E-state index is 0.191. The first-order valence-electron chi connectivity index (χ1n) is 8.07. The van der Waals surface area contributed by atoms with Crippen LogP contribution in [0, 0.1) is 5.92 Å². The van der Waals surface area contributed by atoms with Crippen molar-refractivity contribution >= 4 is 5.91 Å². The molecule has 2 N–H and O–H groups in total. The SMILES string of the molecule is CCCC(CN)N1CCN(C(=O)C2CCOCC2)CC1. The molecule has 2 fully saturated rings. The van der Waals surface area contributed by atoms with Crippen LogP contribution in [0.3, 0.4) is 0 Å². The molecule has 116 valence electrons. The molecule has 1 amide bonds. The third-order valence-corrected chi connectivity index (χ3v) is 4.61. The van der Waals surface area contributed by atoms with E-state index >= 15 is 0 Å². The Morgan fingerprint density at radius 2 is 1.90 bits per heavy atom. The molecule has 1 atom stereocenters. The number of carbonyl (C=O) groups is 1. The zero-order valence-electron chi connectivity index (χ0n) is 12.7. The lowest BCUT2D eigenvalue weighted by molar-refractivity contribution is -0.140. The van der Waals surface area contributed by atoms with Gasteiger partial charge in [-0.3, -0.25) is 9.69 Å². The normalized spacial score (nSPS) is 23.8. The summed E-state index contributed by atoms with van der Waals surface area (Å²) in [7, 11) is 0. The van der Waals surface area contributed by atoms with Crippen molar-refractivity contribution in [2.45, 2.75) is 38.6 Å². The third kappa shape index (κ3) is 3.93. The van der Waals surface area contributed by atoms with E-state index in [1.54, 1.807) is 0 Å². The highest BCUT2D eigenvalue weighted by Crippen LogP contribution is 2.19. The van der Waals surface area contributed by atoms with Crippen molar-refractivity contribution in [2.24, 2.45) is 11.7 Å². The first-order chi connectivity index (χ1) is 9.76. The molecule has 2 saturated heterocycles. The van der Waals surface area contributed by atoms with Crippen LogP contribution in [0.1, 0.15) is 32.6 Å². The number of rotatable bonds is 5. The quantitative estimate of drug-likeness (QED) is 0.806. The molecule has 2 aliphatic rings. The molecular formula is C15H29N3O2. The largest absolute Gasteiger partial charge is 0.381 e. The van der Waals surface area contributed by atoms with Gasteiger partial charge in [0.05, 0.1) is 0 Å². The predicted octanol–water partition coefficient (Wildman–Crippen LogP) is 0.685. The smallest absolute Gasteiger partial charge is 0.225 e. The van der Waals surface area contributed by atoms with Crippen LogP contribution in [0.4, 0.5) is 0 Å². The summed E-state index contributed by atoms with van der Waals surface area (Å²) in [5, 5.41) is 0. The van der Waals surface area contributed by atoms with Crippen molar-refractivity contribution in [3.8, 4) is 0 Å². The molecule has 5 nitrogen and oxygen atoms in total. The number of nitrogens with two attached hydrogens (primary N) is 1. The van der Waals surface area contributed by atoms with Gasteiger partial charge in [-0.25, -0.2) is 0 Å². The summed E-state index contributed by atoms with van der Waals surface area (Å²) >= 11 is 0. The van der Waals surface area contributed by atoms with Gasteiger partial charge in [0.1, 0.15) is 0 Å². The Bertz CT molecular complexity index is 297. The molecule has 0 aromatic heterocycles. The van der Waals surface area contributed by atoms with Crippen molar-refractivity contribution in [1.82, 2.24) is 9.80 Å². The molecule has 20 heavy (non-hydrogen) atoms. The Kier molecular flexibility index (Phi) is 6.26. The number of amides is 1. The maximum Gasteiger partial charge on any atom is 0.225 e. The minimum atomic E-state index is 0.191. The molecule has 0 aromatic rings. The van der Waals surface area contributed by atoms with Gasteiger partial charge in [0.25, 0.3) is 0 Å². The highest BCUT2D eigenvalue weighted by Gasteiger charge is 2.30. The molecular weight excluding hydrogens is 254 g/mol. The van der Waals surface area contributed by atoms with E-state index in [2.05, 4.69) is 11.8 Å². The Morgan fingerprint density at radius 1 is 1.25 bits per heavy atom. The standard InChI is InChI=1S/C15H29N3O2/c1-2-3-14(12-16)17-6-8-18(9-7-17)15(19)13-4-10-20-11-5-13/h13-14H,2-12,16H2,1H3. The summed E-state index contributed by atoms with van der Waals surface area (Å²) in [5.74, 6) is 0.531. The first-order valence-corrected chi connectivity index (χ1v) is 8.07. The van der Waals surface area contributed by atoms with Crippen molar-refractivity contribution in [3.63, 3.8) is 0 Å². The van der Waals surface area contributed by atoms with Crippen LogP contribution in [0.25, 0.3) is 0 Å². The molecule has 0 radical (unpaired) electrons. The summed E-state index contributed by atoms with van der Waals surface area (Å²) in [6, 6.07) is 0.486. The fraction of sp³-hybridized carbons (Fsp3) is 0.933. The fourth-order valence-electron chi connectivity index (χ4n) is 3.29. The lowest BCUT2D eigenvalue weighted by Gasteiger charge is -2.40. The lowest BCUT2D eigenvalue weighted by Crippen LogP contribution is -2.54. The Labute approximate surface area is 122 Å². The Hall–Kier alpha value is -0.650. The average molecular weight is 283 g/mol. The third-order valence-electron chi connectivity index (χ3n) is 4.61. The van der Waals surface area contributed by atoms with Crippen LogP contribution in [-0.2, 0) is 9.53 Å². The lowest BCUT2D eigenvalue weighted by atomic mass is 9.98. The van der Waals surface area contributed by atoms with Gasteiger partial charge in [0, 0.05) is 57.9 Å². The Morgan fingerprint density at radius 3 is 2.45 bits per heavy atom. The van der Waals surface area contributed by atoms with E-state index in [1.807, 2.05) is 4.90 Å². The second kappa shape index (κ2) is 7.96. The number of carbonyl (C=O) groups excluding carboxylic acids is 1. The summed E-state index contributed by atoms with van der Waals surface area (Å²) in [4.78, 5) is 17.0. The van der Waals surface area contributed by atoms with Gasteiger partial charge in [-0.15, -0.1) is 0 Å². The second-order valence-corrected chi connectivity index (χ2v) is 5.93. The van der Waals surface area contributed by atoms with Gasteiger partial charge >= 0.3 is 0 Å². The summed E-state index contributed by atoms with van der Waals surface area (Å²) in [5.41, 5.74) is 5.86. The van der Waals surface area contributed by atoms with Crippen LogP contribution in [0.15, 0.2) is 0 Å². The van der Waals surface area contributed by atoms with E-state index in [9.17, 15) is 4.79 Å². The average Bonchev–Trinajstić information content (AvgIpc) is 2.53. The molecule has 0 bridgehead atoms. The molecule has 5 heteroatoms. The Balaban J connectivity index is 1.79. The van der Waals surface area contributed by atoms with Crippen molar-refractivity contribution in [1.29, 1.82) is 0 Å². The summed E-state index contributed by atoms with van der Waals surface area (Å²) in [6.07, 6.45) is 4.11. The molecule has 0 aliphatic carbocycles. The topological polar surface area (TPSA) is 58.8 Å². The van der Waals surface area contributed by atoms with Crippen LogP contribution in [0.2, 0.25) is 0 Å². The van der Waals surface area contributed by atoms with Gasteiger partial charge in [0.2, 0.25) is 5.91 Å². The molecule has 2 heterocycles. The zero-order chi connectivity index (χ0) is 14.4. The molecule has 0 aromatic carbocycles. The number of hydrogen-bond donors (Lipinski definition) is 1. The van der Waals surface area contributed by atoms with Crippen molar-refractivity contribution < 1.29 is 9.53 Å². The van der Waals surface area contributed by atoms with E-state index in [0.29, 0.717) is 11.9 Å². The van der Waals surface area contributed by atoms with Gasteiger partial charge < -0.3 is 15.4 Å². The summed E-state index contributed by atoms with van der Waals surface area (Å²) < 4.78 is 5.33. The van der Waals surface area contributed by atoms with Crippen LogP contribution in [0.5, 0.6) is 0 Å². The maximum atomic E-state index is 12.5. The van der Waals surface area contributed by atoms with E-state index in [4.69, 9.17) is 10.5 Å². The molecule has 2 rings (SSSR count). The van der Waals surface area contributed by atoms with Crippen molar-refractivity contribution in [2.75, 3.05) is 45.9 Å². The number of piperazine rings is 1. The van der Waals surface area contributed by atoms with E-state index in [0.717, 1.165) is 65.2 Å². The van der Waals surface area contributed by atoms with Crippen molar-refractivity contribution in [3.05, 3.63) is 0 Å². The molecule has 0 spiro atoms. The monoisotopic (exact) mass is 283 g/mol. The predicted molar refractivity (Wildman–Crippen MR) is 79.4 cm³/mol. The van der Waals surface area contributed by atoms with Crippen LogP contribution < -0.4 is 5.73 Å². The van der Waals surface area contributed by atoms with Gasteiger partial charge in [-0.2, -0.15) is 0 Å². The summed E-state index contributed by atoms with van der Waals surface area (Å²) in [6.45, 7) is 8.06. The fourth-order valence-corrected chi connectivity index (χ4v) is 3.29.